The van der Waals surface area contributed by atoms with Gasteiger partial charge in [-0.1, -0.05) is 29.8 Å². The first kappa shape index (κ1) is 13.9. The van der Waals surface area contributed by atoms with E-state index in [9.17, 15) is 5.11 Å². The van der Waals surface area contributed by atoms with Crippen LogP contribution < -0.4 is 0 Å². The lowest BCUT2D eigenvalue weighted by Crippen LogP contribution is -2.45. The van der Waals surface area contributed by atoms with Crippen LogP contribution in [-0.4, -0.2) is 30.8 Å². The second kappa shape index (κ2) is 5.02. The van der Waals surface area contributed by atoms with Crippen molar-refractivity contribution in [2.45, 2.75) is 36.2 Å². The summed E-state index contributed by atoms with van der Waals surface area (Å²) < 4.78 is 0. The van der Waals surface area contributed by atoms with Crippen molar-refractivity contribution in [3.8, 4) is 0 Å². The number of aliphatic hydroxyl groups is 1. The van der Waals surface area contributed by atoms with E-state index in [0.717, 1.165) is 18.4 Å². The van der Waals surface area contributed by atoms with E-state index in [1.165, 1.54) is 6.33 Å². The maximum Gasteiger partial charge on any atom is 0.137 e. The van der Waals surface area contributed by atoms with Gasteiger partial charge in [-0.05, 0) is 24.5 Å². The predicted octanol–water partition coefficient (Wildman–Crippen LogP) is 2.75. The molecule has 1 fully saturated rings. The van der Waals surface area contributed by atoms with E-state index in [0.29, 0.717) is 23.7 Å². The van der Waals surface area contributed by atoms with Crippen LogP contribution in [0.4, 0.5) is 0 Å². The molecule has 1 atom stereocenters. The number of hydrogen-bond acceptors (Lipinski definition) is 3. The number of nitrogens with one attached hydrogen (secondary N) is 1. The van der Waals surface area contributed by atoms with Crippen molar-refractivity contribution >= 4 is 23.2 Å². The van der Waals surface area contributed by atoms with Crippen molar-refractivity contribution in [2.75, 3.05) is 0 Å². The fourth-order valence-corrected chi connectivity index (χ4v) is 2.93. The number of halogens is 2. The fourth-order valence-electron chi connectivity index (χ4n) is 2.50. The van der Waals surface area contributed by atoms with Gasteiger partial charge in [0.2, 0.25) is 0 Å². The molecule has 0 saturated heterocycles. The van der Waals surface area contributed by atoms with Gasteiger partial charge in [0, 0.05) is 17.9 Å². The zero-order valence-electron chi connectivity index (χ0n) is 10.8. The lowest BCUT2D eigenvalue weighted by Gasteiger charge is -2.32. The molecule has 2 aromatic rings. The largest absolute Gasteiger partial charge is 0.387 e. The Morgan fingerprint density at radius 3 is 2.65 bits per heavy atom. The normalized spacial score (nSPS) is 19.6. The van der Waals surface area contributed by atoms with Crippen LogP contribution in [0.25, 0.3) is 0 Å². The number of H-pyrrole nitrogens is 1. The molecular formula is C14H15Cl2N3O. The van der Waals surface area contributed by atoms with Crippen molar-refractivity contribution in [3.05, 3.63) is 47.0 Å². The second-order valence-electron chi connectivity index (χ2n) is 5.37. The molecule has 3 rings (SSSR count). The lowest BCUT2D eigenvalue weighted by atomic mass is 9.85. The molecule has 1 aromatic carbocycles. The summed E-state index contributed by atoms with van der Waals surface area (Å²) in [5.41, 5.74) is -0.192. The second-order valence-corrected chi connectivity index (χ2v) is 6.50. The van der Waals surface area contributed by atoms with Crippen LogP contribution in [0.2, 0.25) is 5.02 Å². The van der Waals surface area contributed by atoms with E-state index in [2.05, 4.69) is 15.2 Å². The molecule has 20 heavy (non-hydrogen) atoms. The molecule has 1 heterocycles. The highest BCUT2D eigenvalue weighted by atomic mass is 35.5. The van der Waals surface area contributed by atoms with E-state index in [4.69, 9.17) is 23.2 Å². The number of alkyl halides is 1. The Bertz CT molecular complexity index is 598. The summed E-state index contributed by atoms with van der Waals surface area (Å²) in [6.45, 7) is 0. The van der Waals surface area contributed by atoms with E-state index in [1.54, 1.807) is 0 Å². The summed E-state index contributed by atoms with van der Waals surface area (Å²) in [4.78, 5) is 3.49. The molecule has 0 bridgehead atoms. The number of aromatic amines is 1. The monoisotopic (exact) mass is 311 g/mol. The lowest BCUT2D eigenvalue weighted by molar-refractivity contribution is 0.0265. The van der Waals surface area contributed by atoms with Gasteiger partial charge in [0.1, 0.15) is 12.2 Å². The maximum absolute atomic E-state index is 11.1. The van der Waals surface area contributed by atoms with E-state index < -0.39 is 10.5 Å². The summed E-state index contributed by atoms with van der Waals surface area (Å²) in [7, 11) is 0. The molecule has 4 nitrogen and oxygen atoms in total. The Kier molecular flexibility index (Phi) is 3.48. The summed E-state index contributed by atoms with van der Waals surface area (Å²) in [5.74, 6) is 0.631. The first-order valence-electron chi connectivity index (χ1n) is 6.51. The van der Waals surface area contributed by atoms with E-state index in [1.807, 2.05) is 24.3 Å². The average molecular weight is 312 g/mol. The van der Waals surface area contributed by atoms with Crippen LogP contribution in [0.1, 0.15) is 24.2 Å². The van der Waals surface area contributed by atoms with E-state index in [-0.39, 0.29) is 0 Å². The highest BCUT2D eigenvalue weighted by Crippen LogP contribution is 2.53. The van der Waals surface area contributed by atoms with Crippen LogP contribution in [-0.2, 0) is 12.8 Å². The smallest absolute Gasteiger partial charge is 0.137 e. The Balaban J connectivity index is 1.89. The quantitative estimate of drug-likeness (QED) is 0.835. The topological polar surface area (TPSA) is 61.8 Å². The summed E-state index contributed by atoms with van der Waals surface area (Å²) in [5, 5.41) is 18.3. The van der Waals surface area contributed by atoms with Crippen LogP contribution in [0.15, 0.2) is 30.6 Å². The van der Waals surface area contributed by atoms with Crippen LogP contribution in [0, 0.1) is 0 Å². The highest BCUT2D eigenvalue weighted by molar-refractivity contribution is 6.31. The molecular weight excluding hydrogens is 297 g/mol. The zero-order valence-corrected chi connectivity index (χ0v) is 12.3. The molecule has 0 spiro atoms. The molecule has 1 aromatic heterocycles. The highest BCUT2D eigenvalue weighted by Gasteiger charge is 2.58. The number of benzene rings is 1. The molecule has 2 N–H and O–H groups in total. The van der Waals surface area contributed by atoms with Gasteiger partial charge in [0.25, 0.3) is 0 Å². The Morgan fingerprint density at radius 2 is 2.05 bits per heavy atom. The Hall–Kier alpha value is -1.10. The number of hydrogen-bond donors (Lipinski definition) is 2. The first-order valence-corrected chi connectivity index (χ1v) is 7.27. The molecule has 6 heteroatoms. The molecule has 0 amide bonds. The third kappa shape index (κ3) is 2.55. The van der Waals surface area contributed by atoms with Gasteiger partial charge in [0.15, 0.2) is 0 Å². The van der Waals surface area contributed by atoms with Gasteiger partial charge < -0.3 is 5.11 Å². The van der Waals surface area contributed by atoms with Gasteiger partial charge in [-0.2, -0.15) is 5.10 Å². The number of nitrogens with zero attached hydrogens (tertiary/aromatic N) is 2. The zero-order chi connectivity index (χ0) is 14.2. The predicted molar refractivity (Wildman–Crippen MR) is 78.0 cm³/mol. The van der Waals surface area contributed by atoms with Crippen LogP contribution in [0.5, 0.6) is 0 Å². The maximum atomic E-state index is 11.1. The molecule has 1 unspecified atom stereocenters. The fraction of sp³-hybridized carbons (Fsp3) is 0.429. The molecule has 0 radical (unpaired) electrons. The minimum atomic E-state index is -1.08. The summed E-state index contributed by atoms with van der Waals surface area (Å²) >= 11 is 12.7. The molecule has 1 aliphatic carbocycles. The van der Waals surface area contributed by atoms with Gasteiger partial charge in [-0.25, -0.2) is 4.98 Å². The number of aromatic nitrogens is 3. The van der Waals surface area contributed by atoms with Crippen molar-refractivity contribution in [1.82, 2.24) is 15.2 Å². The van der Waals surface area contributed by atoms with Crippen molar-refractivity contribution in [2.24, 2.45) is 0 Å². The van der Waals surface area contributed by atoms with Gasteiger partial charge in [0.05, 0.1) is 10.5 Å². The third-order valence-electron chi connectivity index (χ3n) is 3.89. The molecule has 106 valence electrons. The van der Waals surface area contributed by atoms with Crippen LogP contribution >= 0.6 is 23.2 Å². The number of rotatable bonds is 5. The summed E-state index contributed by atoms with van der Waals surface area (Å²) in [6.07, 6.45) is 3.75. The van der Waals surface area contributed by atoms with E-state index >= 15 is 0 Å². The summed E-state index contributed by atoms with van der Waals surface area (Å²) in [6, 6.07) is 7.51. The van der Waals surface area contributed by atoms with Crippen molar-refractivity contribution < 1.29 is 5.11 Å². The van der Waals surface area contributed by atoms with Gasteiger partial charge >= 0.3 is 0 Å². The molecule has 1 saturated carbocycles. The van der Waals surface area contributed by atoms with Crippen molar-refractivity contribution in [1.29, 1.82) is 0 Å². The Labute approximate surface area is 127 Å². The third-order valence-corrected chi connectivity index (χ3v) is 4.99. The van der Waals surface area contributed by atoms with Crippen molar-refractivity contribution in [3.63, 3.8) is 0 Å². The molecule has 0 aliphatic heterocycles. The molecule has 1 aliphatic rings. The SMILES string of the molecule is OC(Cc1ncn[nH]1)(Cc1ccccc1Cl)C1(Cl)CC1. The van der Waals surface area contributed by atoms with Gasteiger partial charge in [-0.3, -0.25) is 5.10 Å². The van der Waals surface area contributed by atoms with Crippen LogP contribution in [0.3, 0.4) is 0 Å². The minimum absolute atomic E-state index is 0.335. The minimum Gasteiger partial charge on any atom is -0.387 e. The van der Waals surface area contributed by atoms with Gasteiger partial charge in [-0.15, -0.1) is 11.6 Å². The average Bonchev–Trinajstić information content (AvgIpc) is 2.98. The Morgan fingerprint density at radius 1 is 1.30 bits per heavy atom. The standard InChI is InChI=1S/C14H15Cl2N3O/c15-11-4-2-1-3-10(11)7-14(20,13(16)5-6-13)8-12-17-9-18-19-12/h1-4,9,20H,5-8H2,(H,17,18,19). The first-order chi connectivity index (χ1) is 9.52.